The van der Waals surface area contributed by atoms with Gasteiger partial charge in [0.05, 0.1) is 17.4 Å². The second-order valence-corrected chi connectivity index (χ2v) is 7.63. The second kappa shape index (κ2) is 9.53. The van der Waals surface area contributed by atoms with E-state index in [1.54, 1.807) is 12.1 Å². The number of nitrogens with one attached hydrogen (secondary N) is 2. The highest BCUT2D eigenvalue weighted by molar-refractivity contribution is 6.30. The van der Waals surface area contributed by atoms with E-state index in [0.29, 0.717) is 10.4 Å². The molecule has 1 aromatic heterocycles. The molecule has 7 nitrogen and oxygen atoms in total. The Kier molecular flexibility index (Phi) is 6.97. The lowest BCUT2D eigenvalue weighted by molar-refractivity contribution is -0.143. The molecule has 0 saturated carbocycles. The van der Waals surface area contributed by atoms with Crippen molar-refractivity contribution in [2.24, 2.45) is 0 Å². The summed E-state index contributed by atoms with van der Waals surface area (Å²) in [5.41, 5.74) is 3.81. The summed E-state index contributed by atoms with van der Waals surface area (Å²) in [7, 11) is 0. The van der Waals surface area contributed by atoms with Crippen molar-refractivity contribution in [2.75, 3.05) is 0 Å². The third kappa shape index (κ3) is 5.46. The number of ether oxygens (including phenoxy) is 1. The van der Waals surface area contributed by atoms with Crippen LogP contribution in [-0.2, 0) is 11.0 Å². The van der Waals surface area contributed by atoms with Crippen molar-refractivity contribution in [1.82, 2.24) is 20.6 Å². The Hall–Kier alpha value is -3.53. The van der Waals surface area contributed by atoms with Crippen LogP contribution >= 0.6 is 11.6 Å². The molecule has 1 atom stereocenters. The van der Waals surface area contributed by atoms with Crippen LogP contribution in [0.2, 0.25) is 5.02 Å². The van der Waals surface area contributed by atoms with Crippen LogP contribution in [0.3, 0.4) is 0 Å². The number of hydrazine groups is 1. The van der Waals surface area contributed by atoms with Crippen LogP contribution in [-0.4, -0.2) is 27.7 Å². The molecule has 3 rings (SSSR count). The SMILES string of the molecule is Cc1cccc(OC(C)C(=O)NNC(=O)c2cnn(-c3cccc(Cl)c3)c2C(F)(F)F)c1C. The minimum Gasteiger partial charge on any atom is -0.481 e. The van der Waals surface area contributed by atoms with Gasteiger partial charge in [-0.15, -0.1) is 0 Å². The van der Waals surface area contributed by atoms with Crippen LogP contribution in [0.5, 0.6) is 5.75 Å². The van der Waals surface area contributed by atoms with E-state index in [2.05, 4.69) is 10.5 Å². The first-order valence-electron chi connectivity index (χ1n) is 9.73. The Bertz CT molecular complexity index is 1190. The van der Waals surface area contributed by atoms with Crippen molar-refractivity contribution in [3.8, 4) is 11.4 Å². The minimum atomic E-state index is -4.91. The Balaban J connectivity index is 1.75. The molecule has 2 aromatic carbocycles. The summed E-state index contributed by atoms with van der Waals surface area (Å²) in [6.07, 6.45) is -5.17. The molecule has 3 aromatic rings. The first kappa shape index (κ1) is 24.1. The Morgan fingerprint density at radius 3 is 2.48 bits per heavy atom. The average Bonchev–Trinajstić information content (AvgIpc) is 3.21. The lowest BCUT2D eigenvalue weighted by Crippen LogP contribution is -2.47. The number of nitrogens with zero attached hydrogens (tertiary/aromatic N) is 2. The molecular weight excluding hydrogens is 461 g/mol. The number of hydrogen-bond acceptors (Lipinski definition) is 4. The first-order chi connectivity index (χ1) is 15.5. The summed E-state index contributed by atoms with van der Waals surface area (Å²) in [5, 5.41) is 3.89. The van der Waals surface area contributed by atoms with E-state index >= 15 is 0 Å². The lowest BCUT2D eigenvalue weighted by atomic mass is 10.1. The highest BCUT2D eigenvalue weighted by atomic mass is 35.5. The smallest absolute Gasteiger partial charge is 0.434 e. The Morgan fingerprint density at radius 1 is 1.12 bits per heavy atom. The van der Waals surface area contributed by atoms with E-state index in [-0.39, 0.29) is 10.7 Å². The van der Waals surface area contributed by atoms with Gasteiger partial charge in [-0.05, 0) is 56.2 Å². The Morgan fingerprint density at radius 2 is 1.82 bits per heavy atom. The number of aryl methyl sites for hydroxylation is 1. The van der Waals surface area contributed by atoms with Gasteiger partial charge in [-0.1, -0.05) is 29.8 Å². The average molecular weight is 481 g/mol. The summed E-state index contributed by atoms with van der Waals surface area (Å²) in [6.45, 7) is 5.16. The maximum atomic E-state index is 13.7. The third-order valence-corrected chi connectivity index (χ3v) is 5.10. The van der Waals surface area contributed by atoms with Gasteiger partial charge in [0.15, 0.2) is 11.8 Å². The van der Waals surface area contributed by atoms with Crippen LogP contribution in [0.25, 0.3) is 5.69 Å². The number of alkyl halides is 3. The number of rotatable bonds is 5. The molecule has 174 valence electrons. The summed E-state index contributed by atoms with van der Waals surface area (Å²) in [4.78, 5) is 24.8. The van der Waals surface area contributed by atoms with E-state index in [1.165, 1.54) is 31.2 Å². The van der Waals surface area contributed by atoms with E-state index in [4.69, 9.17) is 16.3 Å². The van der Waals surface area contributed by atoms with Crippen LogP contribution in [0.15, 0.2) is 48.7 Å². The standard InChI is InChI=1S/C22H20ClF3N4O3/c1-12-6-4-9-18(13(12)2)33-14(3)20(31)28-29-21(32)17-11-27-30(19(17)22(24,25)26)16-8-5-7-15(23)10-16/h4-11,14H,1-3H3,(H,28,31)(H,29,32). The summed E-state index contributed by atoms with van der Waals surface area (Å²) < 4.78 is 47.4. The van der Waals surface area contributed by atoms with Gasteiger partial charge >= 0.3 is 6.18 Å². The molecule has 0 bridgehead atoms. The monoisotopic (exact) mass is 480 g/mol. The molecule has 2 amide bonds. The molecular formula is C22H20ClF3N4O3. The van der Waals surface area contributed by atoms with Gasteiger partial charge in [-0.25, -0.2) is 4.68 Å². The fourth-order valence-electron chi connectivity index (χ4n) is 2.97. The largest absolute Gasteiger partial charge is 0.481 e. The molecule has 1 heterocycles. The molecule has 11 heteroatoms. The molecule has 1 unspecified atom stereocenters. The molecule has 0 fully saturated rings. The van der Waals surface area contributed by atoms with Crippen molar-refractivity contribution in [3.63, 3.8) is 0 Å². The number of carbonyl (C=O) groups is 2. The summed E-state index contributed by atoms with van der Waals surface area (Å²) in [6, 6.07) is 10.9. The van der Waals surface area contributed by atoms with Gasteiger partial charge < -0.3 is 4.74 Å². The van der Waals surface area contributed by atoms with Gasteiger partial charge in [0.25, 0.3) is 11.8 Å². The first-order valence-corrected chi connectivity index (χ1v) is 10.1. The molecule has 2 N–H and O–H groups in total. The van der Waals surface area contributed by atoms with Gasteiger partial charge in [0, 0.05) is 5.02 Å². The van der Waals surface area contributed by atoms with E-state index in [9.17, 15) is 22.8 Å². The van der Waals surface area contributed by atoms with E-state index in [1.807, 2.05) is 25.3 Å². The molecule has 0 aliphatic rings. The van der Waals surface area contributed by atoms with Gasteiger partial charge in [-0.3, -0.25) is 20.4 Å². The number of hydrogen-bond donors (Lipinski definition) is 2. The summed E-state index contributed by atoms with van der Waals surface area (Å²) in [5.74, 6) is -1.46. The number of halogens is 4. The highest BCUT2D eigenvalue weighted by Crippen LogP contribution is 2.34. The number of carbonyl (C=O) groups excluding carboxylic acids is 2. The maximum absolute atomic E-state index is 13.7. The summed E-state index contributed by atoms with van der Waals surface area (Å²) >= 11 is 5.86. The fraction of sp³-hybridized carbons (Fsp3) is 0.227. The van der Waals surface area contributed by atoms with Gasteiger partial charge in [0.2, 0.25) is 0 Å². The van der Waals surface area contributed by atoms with Crippen molar-refractivity contribution < 1.29 is 27.5 Å². The van der Waals surface area contributed by atoms with Gasteiger partial charge in [-0.2, -0.15) is 18.3 Å². The quantitative estimate of drug-likeness (QED) is 0.530. The topological polar surface area (TPSA) is 85.2 Å². The van der Waals surface area contributed by atoms with Crippen molar-refractivity contribution >= 4 is 23.4 Å². The lowest BCUT2D eigenvalue weighted by Gasteiger charge is -2.17. The van der Waals surface area contributed by atoms with Crippen molar-refractivity contribution in [2.45, 2.75) is 33.1 Å². The molecule has 0 saturated heterocycles. The van der Waals surface area contributed by atoms with Crippen LogP contribution < -0.4 is 15.6 Å². The normalized spacial score (nSPS) is 12.2. The van der Waals surface area contributed by atoms with Gasteiger partial charge in [0.1, 0.15) is 5.75 Å². The van der Waals surface area contributed by atoms with E-state index in [0.717, 1.165) is 17.3 Å². The van der Waals surface area contributed by atoms with Crippen LogP contribution in [0.4, 0.5) is 13.2 Å². The maximum Gasteiger partial charge on any atom is 0.434 e. The number of benzene rings is 2. The Labute approximate surface area is 192 Å². The molecule has 0 spiro atoms. The fourth-order valence-corrected chi connectivity index (χ4v) is 3.16. The second-order valence-electron chi connectivity index (χ2n) is 7.20. The predicted octanol–water partition coefficient (Wildman–Crippen LogP) is 4.39. The molecule has 0 aliphatic heterocycles. The van der Waals surface area contributed by atoms with Crippen LogP contribution in [0.1, 0.15) is 34.1 Å². The molecule has 33 heavy (non-hydrogen) atoms. The number of aromatic nitrogens is 2. The zero-order chi connectivity index (χ0) is 24.3. The zero-order valence-electron chi connectivity index (χ0n) is 17.8. The molecule has 0 aliphatic carbocycles. The van der Waals surface area contributed by atoms with Crippen LogP contribution in [0, 0.1) is 13.8 Å². The molecule has 0 radical (unpaired) electrons. The number of amides is 2. The highest BCUT2D eigenvalue weighted by Gasteiger charge is 2.40. The van der Waals surface area contributed by atoms with E-state index < -0.39 is 35.4 Å². The minimum absolute atomic E-state index is 0.0217. The third-order valence-electron chi connectivity index (χ3n) is 4.86. The van der Waals surface area contributed by atoms with Crippen molar-refractivity contribution in [1.29, 1.82) is 0 Å². The predicted molar refractivity (Wildman–Crippen MR) is 115 cm³/mol. The van der Waals surface area contributed by atoms with Crippen molar-refractivity contribution in [3.05, 3.63) is 76.1 Å². The zero-order valence-corrected chi connectivity index (χ0v) is 18.6.